The maximum Gasteiger partial charge on any atom is 0.268 e. The Balaban J connectivity index is 1.10. The number of carbonyl (C=O) groups is 1. The molecular weight excluding hydrogens is 476 g/mol. The van der Waals surface area contributed by atoms with Crippen molar-refractivity contribution in [2.24, 2.45) is 5.92 Å². The number of anilines is 3. The molecule has 3 aromatic heterocycles. The number of aromatic nitrogens is 4. The lowest BCUT2D eigenvalue weighted by molar-refractivity contribution is 0.0833. The van der Waals surface area contributed by atoms with Crippen LogP contribution in [-0.2, 0) is 5.54 Å². The van der Waals surface area contributed by atoms with E-state index in [2.05, 4.69) is 47.0 Å². The Bertz CT molecular complexity index is 1400. The first-order valence-electron chi connectivity index (χ1n) is 14.0. The van der Waals surface area contributed by atoms with Crippen LogP contribution in [0.1, 0.15) is 55.4 Å². The number of piperazine rings is 1. The topological polar surface area (TPSA) is 91.2 Å². The van der Waals surface area contributed by atoms with Crippen LogP contribution < -0.4 is 15.5 Å². The van der Waals surface area contributed by atoms with Crippen LogP contribution in [0, 0.1) is 18.3 Å². The number of pyridine rings is 1. The maximum absolute atomic E-state index is 12.7. The van der Waals surface area contributed by atoms with Gasteiger partial charge in [-0.1, -0.05) is 25.2 Å². The van der Waals surface area contributed by atoms with E-state index in [9.17, 15) is 4.79 Å². The lowest BCUT2D eigenvalue weighted by Gasteiger charge is -2.42. The first-order chi connectivity index (χ1) is 18.6. The summed E-state index contributed by atoms with van der Waals surface area (Å²) >= 11 is 0. The van der Waals surface area contributed by atoms with Crippen molar-refractivity contribution < 1.29 is 4.79 Å². The zero-order chi connectivity index (χ0) is 25.7. The number of nitrogens with one attached hydrogen (secondary N) is 2. The molecule has 1 unspecified atom stereocenters. The first-order valence-corrected chi connectivity index (χ1v) is 14.0. The number of terminal acetylenes is 1. The fourth-order valence-corrected chi connectivity index (χ4v) is 6.55. The summed E-state index contributed by atoms with van der Waals surface area (Å²) in [5.41, 5.74) is 2.47. The molecular formula is C29H34N8O. The van der Waals surface area contributed by atoms with Gasteiger partial charge in [-0.2, -0.15) is 4.98 Å². The van der Waals surface area contributed by atoms with Gasteiger partial charge in [-0.15, -0.1) is 6.42 Å². The number of hydrogen-bond acceptors (Lipinski definition) is 7. The summed E-state index contributed by atoms with van der Waals surface area (Å²) in [6.07, 6.45) is 17.9. The quantitative estimate of drug-likeness (QED) is 0.508. The molecule has 0 radical (unpaired) electrons. The molecule has 2 N–H and O–H groups in total. The highest BCUT2D eigenvalue weighted by Gasteiger charge is 2.41. The highest BCUT2D eigenvalue weighted by atomic mass is 16.2. The molecule has 9 heteroatoms. The number of nitrogens with zero attached hydrogens (tertiary/aromatic N) is 6. The molecule has 5 heterocycles. The largest absolute Gasteiger partial charge is 0.366 e. The van der Waals surface area contributed by atoms with Gasteiger partial charge in [0.2, 0.25) is 5.95 Å². The van der Waals surface area contributed by atoms with E-state index >= 15 is 0 Å². The monoisotopic (exact) mass is 510 g/mol. The van der Waals surface area contributed by atoms with Gasteiger partial charge < -0.3 is 20.1 Å². The normalized spacial score (nSPS) is 23.2. The third kappa shape index (κ3) is 4.17. The molecule has 1 atom stereocenters. The Kier molecular flexibility index (Phi) is 5.73. The molecule has 7 rings (SSSR count). The second-order valence-electron chi connectivity index (χ2n) is 11.4. The number of rotatable bonds is 5. The molecule has 38 heavy (non-hydrogen) atoms. The number of fused-ring (bicyclic) bond motifs is 4. The number of hydrogen-bond donors (Lipinski definition) is 2. The van der Waals surface area contributed by atoms with Gasteiger partial charge in [-0.25, -0.2) is 9.97 Å². The van der Waals surface area contributed by atoms with E-state index in [4.69, 9.17) is 11.4 Å². The Hall–Kier alpha value is -3.64. The Morgan fingerprint density at radius 1 is 1.13 bits per heavy atom. The molecule has 3 aromatic rings. The summed E-state index contributed by atoms with van der Waals surface area (Å²) in [5, 5.41) is 7.28. The van der Waals surface area contributed by atoms with Gasteiger partial charge in [0.25, 0.3) is 5.91 Å². The minimum Gasteiger partial charge on any atom is -0.366 e. The van der Waals surface area contributed by atoms with Gasteiger partial charge in [0, 0.05) is 44.3 Å². The lowest BCUT2D eigenvalue weighted by atomic mass is 9.80. The molecule has 2 saturated carbocycles. The van der Waals surface area contributed by atoms with Crippen molar-refractivity contribution in [1.82, 2.24) is 29.7 Å². The molecule has 9 nitrogen and oxygen atoms in total. The fourth-order valence-electron chi connectivity index (χ4n) is 6.55. The van der Waals surface area contributed by atoms with Gasteiger partial charge in [0.1, 0.15) is 17.2 Å². The summed E-state index contributed by atoms with van der Waals surface area (Å²) in [7, 11) is 0. The van der Waals surface area contributed by atoms with Gasteiger partial charge in [-0.05, 0) is 49.8 Å². The summed E-state index contributed by atoms with van der Waals surface area (Å²) < 4.78 is 2.19. The highest BCUT2D eigenvalue weighted by molar-refractivity contribution is 5.99. The predicted octanol–water partition coefficient (Wildman–Crippen LogP) is 3.51. The molecule has 0 aromatic carbocycles. The molecule has 3 fully saturated rings. The SMILES string of the molecule is C#CC1CN(c2ccc(Nc3ncc4cc5n(c4n3)C3(CCCCC3)CNC5=O)nc2)CCN1CC1CC1. The van der Waals surface area contributed by atoms with E-state index in [1.54, 1.807) is 6.20 Å². The average Bonchev–Trinajstić information content (AvgIpc) is 3.68. The molecule has 1 spiro atoms. The van der Waals surface area contributed by atoms with Crippen LogP contribution in [0.3, 0.4) is 0 Å². The van der Waals surface area contributed by atoms with Gasteiger partial charge in [0.15, 0.2) is 0 Å². The summed E-state index contributed by atoms with van der Waals surface area (Å²) in [6, 6.07) is 6.11. The van der Waals surface area contributed by atoms with E-state index in [0.29, 0.717) is 24.0 Å². The van der Waals surface area contributed by atoms with Crippen molar-refractivity contribution >= 4 is 34.4 Å². The molecule has 1 saturated heterocycles. The summed E-state index contributed by atoms with van der Waals surface area (Å²) in [5.74, 6) is 4.97. The van der Waals surface area contributed by atoms with Crippen LogP contribution in [-0.4, -0.2) is 69.1 Å². The van der Waals surface area contributed by atoms with Crippen molar-refractivity contribution in [2.45, 2.75) is 56.5 Å². The zero-order valence-corrected chi connectivity index (χ0v) is 21.7. The smallest absolute Gasteiger partial charge is 0.268 e. The number of carbonyl (C=O) groups excluding carboxylic acids is 1. The van der Waals surface area contributed by atoms with E-state index in [1.807, 2.05) is 18.3 Å². The van der Waals surface area contributed by atoms with Gasteiger partial charge >= 0.3 is 0 Å². The van der Waals surface area contributed by atoms with E-state index < -0.39 is 0 Å². The van der Waals surface area contributed by atoms with Crippen LogP contribution in [0.4, 0.5) is 17.5 Å². The lowest BCUT2D eigenvalue weighted by Crippen LogP contribution is -2.53. The first kappa shape index (κ1) is 23.5. The minimum absolute atomic E-state index is 0.0357. The molecule has 2 aliphatic heterocycles. The molecule has 196 valence electrons. The third-order valence-electron chi connectivity index (χ3n) is 8.84. The van der Waals surface area contributed by atoms with Crippen molar-refractivity contribution in [3.63, 3.8) is 0 Å². The Morgan fingerprint density at radius 2 is 2.00 bits per heavy atom. The minimum atomic E-state index is -0.103. The summed E-state index contributed by atoms with van der Waals surface area (Å²) in [4.78, 5) is 31.6. The molecule has 0 bridgehead atoms. The highest BCUT2D eigenvalue weighted by Crippen LogP contribution is 2.40. The molecule has 1 amide bonds. The average molecular weight is 511 g/mol. The Morgan fingerprint density at radius 3 is 2.76 bits per heavy atom. The van der Waals surface area contributed by atoms with Crippen LogP contribution in [0.15, 0.2) is 30.6 Å². The van der Waals surface area contributed by atoms with E-state index in [0.717, 1.165) is 61.7 Å². The second-order valence-corrected chi connectivity index (χ2v) is 11.4. The van der Waals surface area contributed by atoms with Gasteiger partial charge in [-0.3, -0.25) is 9.69 Å². The van der Waals surface area contributed by atoms with Crippen LogP contribution in [0.2, 0.25) is 0 Å². The van der Waals surface area contributed by atoms with E-state index in [1.165, 1.54) is 32.1 Å². The summed E-state index contributed by atoms with van der Waals surface area (Å²) in [6.45, 7) is 4.55. The van der Waals surface area contributed by atoms with Crippen molar-refractivity contribution in [2.75, 3.05) is 42.9 Å². The van der Waals surface area contributed by atoms with Crippen molar-refractivity contribution in [1.29, 1.82) is 0 Å². The van der Waals surface area contributed by atoms with Crippen molar-refractivity contribution in [3.05, 3.63) is 36.3 Å². The van der Waals surface area contributed by atoms with Crippen molar-refractivity contribution in [3.8, 4) is 12.3 Å². The van der Waals surface area contributed by atoms with Crippen LogP contribution >= 0.6 is 0 Å². The number of amides is 1. The molecule has 4 aliphatic rings. The van der Waals surface area contributed by atoms with Crippen LogP contribution in [0.25, 0.3) is 11.0 Å². The molecule has 2 aliphatic carbocycles. The van der Waals surface area contributed by atoms with Gasteiger partial charge in [0.05, 0.1) is 23.5 Å². The second kappa shape index (κ2) is 9.28. The maximum atomic E-state index is 12.7. The van der Waals surface area contributed by atoms with Crippen LogP contribution in [0.5, 0.6) is 0 Å². The third-order valence-corrected chi connectivity index (χ3v) is 8.84. The Labute approximate surface area is 223 Å². The van der Waals surface area contributed by atoms with E-state index in [-0.39, 0.29) is 17.5 Å². The predicted molar refractivity (Wildman–Crippen MR) is 148 cm³/mol. The standard InChI is InChI=1S/C29H34N8O/c1-2-22-18-36(13-12-35(22)17-20-6-7-20)23-8-9-25(30-16-23)33-28-31-15-21-14-24-27(38)32-19-29(10-4-3-5-11-29)37(24)26(21)34-28/h1,8-9,14-16,20,22H,3-7,10-13,17-19H2,(H,32,38)(H,30,31,33,34). The zero-order valence-electron chi connectivity index (χ0n) is 21.7. The fraction of sp³-hybridized carbons (Fsp3) is 0.517.